The van der Waals surface area contributed by atoms with Gasteiger partial charge in [-0.2, -0.15) is 17.0 Å². The van der Waals surface area contributed by atoms with Crippen LogP contribution in [-0.2, 0) is 0 Å². The van der Waals surface area contributed by atoms with E-state index in [0.29, 0.717) is 12.1 Å². The van der Waals surface area contributed by atoms with E-state index >= 15 is 0 Å². The molecule has 0 bridgehead atoms. The molecule has 0 amide bonds. The van der Waals surface area contributed by atoms with E-state index in [-0.39, 0.29) is 5.92 Å². The first kappa shape index (κ1) is 13.9. The normalized spacial score (nSPS) is 27.3. The number of nitrogens with zero attached hydrogens (tertiary/aromatic N) is 1. The van der Waals surface area contributed by atoms with Crippen molar-refractivity contribution in [1.29, 1.82) is 5.26 Å². The molecule has 1 rings (SSSR count). The molecule has 0 saturated heterocycles. The van der Waals surface area contributed by atoms with Crippen LogP contribution in [0.25, 0.3) is 0 Å². The summed E-state index contributed by atoms with van der Waals surface area (Å²) in [6.07, 6.45) is 6.00. The minimum Gasteiger partial charge on any atom is -0.310 e. The van der Waals surface area contributed by atoms with Gasteiger partial charge >= 0.3 is 0 Å². The molecule has 0 heterocycles. The first-order valence-electron chi connectivity index (χ1n) is 6.51. The monoisotopic (exact) mass is 240 g/mol. The van der Waals surface area contributed by atoms with Crippen molar-refractivity contribution >= 4 is 11.8 Å². The number of thioether (sulfide) groups is 1. The van der Waals surface area contributed by atoms with Crippen molar-refractivity contribution < 1.29 is 0 Å². The average Bonchev–Trinajstić information content (AvgIpc) is 2.30. The fourth-order valence-corrected chi connectivity index (χ4v) is 3.15. The van der Waals surface area contributed by atoms with Crippen LogP contribution in [0.5, 0.6) is 0 Å². The van der Waals surface area contributed by atoms with Crippen molar-refractivity contribution in [2.75, 3.05) is 11.5 Å². The van der Waals surface area contributed by atoms with Crippen LogP contribution in [0.15, 0.2) is 0 Å². The molecule has 2 nitrogen and oxygen atoms in total. The molecular weight excluding hydrogens is 216 g/mol. The highest BCUT2D eigenvalue weighted by Crippen LogP contribution is 2.24. The van der Waals surface area contributed by atoms with Crippen LogP contribution in [0, 0.1) is 17.2 Å². The van der Waals surface area contributed by atoms with Crippen LogP contribution in [0.1, 0.15) is 46.0 Å². The Morgan fingerprint density at radius 3 is 2.88 bits per heavy atom. The van der Waals surface area contributed by atoms with Gasteiger partial charge in [-0.3, -0.25) is 0 Å². The highest BCUT2D eigenvalue weighted by Gasteiger charge is 2.25. The van der Waals surface area contributed by atoms with E-state index in [4.69, 9.17) is 5.26 Å². The van der Waals surface area contributed by atoms with E-state index in [1.165, 1.54) is 37.2 Å². The Hall–Kier alpha value is -0.200. The Bertz CT molecular complexity index is 224. The van der Waals surface area contributed by atoms with E-state index < -0.39 is 0 Å². The summed E-state index contributed by atoms with van der Waals surface area (Å²) in [7, 11) is 0. The summed E-state index contributed by atoms with van der Waals surface area (Å²) in [5.74, 6) is 2.68. The van der Waals surface area contributed by atoms with E-state index in [9.17, 15) is 0 Å². The molecule has 3 atom stereocenters. The molecule has 0 aromatic rings. The Morgan fingerprint density at radius 2 is 2.19 bits per heavy atom. The van der Waals surface area contributed by atoms with E-state index in [1.807, 2.05) is 11.8 Å². The van der Waals surface area contributed by atoms with Crippen molar-refractivity contribution in [2.24, 2.45) is 5.92 Å². The fourth-order valence-electron chi connectivity index (χ4n) is 2.34. The zero-order chi connectivity index (χ0) is 11.8. The molecule has 1 fully saturated rings. The largest absolute Gasteiger partial charge is 0.310 e. The minimum atomic E-state index is 0.245. The maximum Gasteiger partial charge on any atom is 0.0672 e. The number of nitriles is 1. The van der Waals surface area contributed by atoms with Gasteiger partial charge in [0.2, 0.25) is 0 Å². The van der Waals surface area contributed by atoms with Crippen LogP contribution in [0.2, 0.25) is 0 Å². The third-order valence-electron chi connectivity index (χ3n) is 3.33. The molecule has 1 N–H and O–H groups in total. The average molecular weight is 240 g/mol. The van der Waals surface area contributed by atoms with Crippen LogP contribution in [-0.4, -0.2) is 23.6 Å². The second-order valence-corrected chi connectivity index (χ2v) is 6.07. The zero-order valence-corrected chi connectivity index (χ0v) is 11.4. The van der Waals surface area contributed by atoms with E-state index in [2.05, 4.69) is 25.2 Å². The van der Waals surface area contributed by atoms with Gasteiger partial charge in [0.25, 0.3) is 0 Å². The summed E-state index contributed by atoms with van der Waals surface area (Å²) in [5.41, 5.74) is 0. The second-order valence-electron chi connectivity index (χ2n) is 4.68. The van der Waals surface area contributed by atoms with Gasteiger partial charge in [0.1, 0.15) is 0 Å². The topological polar surface area (TPSA) is 35.8 Å². The SMILES string of the molecule is CCSCCC(C)NC1CCCCC1C#N. The van der Waals surface area contributed by atoms with Crippen molar-refractivity contribution in [3.8, 4) is 6.07 Å². The highest BCUT2D eigenvalue weighted by molar-refractivity contribution is 7.99. The highest BCUT2D eigenvalue weighted by atomic mass is 32.2. The van der Waals surface area contributed by atoms with Gasteiger partial charge in [-0.25, -0.2) is 0 Å². The van der Waals surface area contributed by atoms with Crippen LogP contribution >= 0.6 is 11.8 Å². The van der Waals surface area contributed by atoms with Gasteiger partial charge in [-0.05, 0) is 37.7 Å². The quantitative estimate of drug-likeness (QED) is 0.724. The number of rotatable bonds is 6. The molecule has 92 valence electrons. The van der Waals surface area contributed by atoms with Gasteiger partial charge < -0.3 is 5.32 Å². The third-order valence-corrected chi connectivity index (χ3v) is 4.26. The summed E-state index contributed by atoms with van der Waals surface area (Å²) in [5, 5.41) is 12.7. The molecule has 16 heavy (non-hydrogen) atoms. The number of hydrogen-bond acceptors (Lipinski definition) is 3. The van der Waals surface area contributed by atoms with Crippen molar-refractivity contribution in [2.45, 2.75) is 58.0 Å². The molecule has 1 aliphatic rings. The summed E-state index contributed by atoms with van der Waals surface area (Å²) >= 11 is 2.00. The molecule has 0 radical (unpaired) electrons. The predicted octanol–water partition coefficient (Wildman–Crippen LogP) is 3.19. The lowest BCUT2D eigenvalue weighted by Gasteiger charge is -2.30. The molecule has 1 saturated carbocycles. The maximum absolute atomic E-state index is 9.09. The molecule has 1 aliphatic carbocycles. The summed E-state index contributed by atoms with van der Waals surface area (Å²) in [6, 6.07) is 3.46. The lowest BCUT2D eigenvalue weighted by Crippen LogP contribution is -2.43. The molecule has 0 spiro atoms. The molecule has 3 heteroatoms. The lowest BCUT2D eigenvalue weighted by molar-refractivity contribution is 0.289. The zero-order valence-electron chi connectivity index (χ0n) is 10.5. The standard InChI is InChI=1S/C13H24N2S/c1-3-16-9-8-11(2)15-13-7-5-4-6-12(13)10-14/h11-13,15H,3-9H2,1-2H3. The molecule has 0 aliphatic heterocycles. The Labute approximate surface area is 104 Å². The maximum atomic E-state index is 9.09. The minimum absolute atomic E-state index is 0.245. The van der Waals surface area contributed by atoms with Gasteiger partial charge in [-0.15, -0.1) is 0 Å². The summed E-state index contributed by atoms with van der Waals surface area (Å²) in [6.45, 7) is 4.45. The number of nitrogens with one attached hydrogen (secondary N) is 1. The van der Waals surface area contributed by atoms with E-state index in [1.54, 1.807) is 0 Å². The van der Waals surface area contributed by atoms with E-state index in [0.717, 1.165) is 6.42 Å². The smallest absolute Gasteiger partial charge is 0.0672 e. The summed E-state index contributed by atoms with van der Waals surface area (Å²) < 4.78 is 0. The van der Waals surface area contributed by atoms with Crippen LogP contribution in [0.3, 0.4) is 0 Å². The fraction of sp³-hybridized carbons (Fsp3) is 0.923. The molecule has 3 unspecified atom stereocenters. The second kappa shape index (κ2) is 7.97. The Kier molecular flexibility index (Phi) is 6.91. The molecule has 0 aromatic carbocycles. The molecule has 0 aromatic heterocycles. The Morgan fingerprint density at radius 1 is 1.44 bits per heavy atom. The van der Waals surface area contributed by atoms with Crippen LogP contribution < -0.4 is 5.32 Å². The van der Waals surface area contributed by atoms with Crippen molar-refractivity contribution in [1.82, 2.24) is 5.32 Å². The Balaban J connectivity index is 2.25. The lowest BCUT2D eigenvalue weighted by atomic mass is 9.85. The first-order valence-corrected chi connectivity index (χ1v) is 7.66. The first-order chi connectivity index (χ1) is 7.77. The van der Waals surface area contributed by atoms with Crippen molar-refractivity contribution in [3.63, 3.8) is 0 Å². The summed E-state index contributed by atoms with van der Waals surface area (Å²) in [4.78, 5) is 0. The third kappa shape index (κ3) is 4.76. The number of hydrogen-bond donors (Lipinski definition) is 1. The van der Waals surface area contributed by atoms with Gasteiger partial charge in [-0.1, -0.05) is 19.8 Å². The van der Waals surface area contributed by atoms with Crippen LogP contribution in [0.4, 0.5) is 0 Å². The van der Waals surface area contributed by atoms with Gasteiger partial charge in [0.15, 0.2) is 0 Å². The van der Waals surface area contributed by atoms with Gasteiger partial charge in [0.05, 0.1) is 12.0 Å². The van der Waals surface area contributed by atoms with Gasteiger partial charge in [0, 0.05) is 12.1 Å². The predicted molar refractivity (Wildman–Crippen MR) is 71.6 cm³/mol. The van der Waals surface area contributed by atoms with Crippen molar-refractivity contribution in [3.05, 3.63) is 0 Å². The molecular formula is C13H24N2S.